The van der Waals surface area contributed by atoms with Crippen LogP contribution in [0, 0.1) is 71.0 Å². The zero-order valence-electron chi connectivity index (χ0n) is 39.7. The Morgan fingerprint density at radius 3 is 1.46 bits per heavy atom. The zero-order valence-corrected chi connectivity index (χ0v) is 39.7. The fourth-order valence-corrected chi connectivity index (χ4v) is 9.12. The molecule has 0 amide bonds. The Kier molecular flexibility index (Phi) is 22.1. The second-order valence-electron chi connectivity index (χ2n) is 18.5. The van der Waals surface area contributed by atoms with Gasteiger partial charge in [0.15, 0.2) is 28.9 Å². The molecule has 0 saturated heterocycles. The molecule has 5 aliphatic rings. The minimum atomic E-state index is 0.216. The number of ketones is 5. The Balaban J connectivity index is 0.000000356. The lowest BCUT2D eigenvalue weighted by molar-refractivity contribution is -0.121. The van der Waals surface area contributed by atoms with Crippen molar-refractivity contribution in [2.75, 3.05) is 0 Å². The third-order valence-electron chi connectivity index (χ3n) is 15.3. The molecule has 322 valence electrons. The maximum absolute atomic E-state index is 11.5. The molecule has 0 aromatic heterocycles. The number of allylic oxidation sites excluding steroid dienone is 10. The van der Waals surface area contributed by atoms with Crippen LogP contribution in [-0.2, 0) is 24.0 Å². The standard InChI is InChI=1S/2C11H18O.3C10H16O/c2*1-5-10-9(4)8(3)7(2)6-11(10)12;2*1-6-5-10(11)9(4)8(3)7(6)2;1-3-8-6-5-7-10(11)9(8)4-2/h7-8H,5-6H2,1-4H3;6,8-10H,5H2,1-4H3;6-7H,5H2,1-4H3;5,7-9H,1-4H3;5,7-9H,3-4,6H2,1-2H3. The Labute approximate surface area is 350 Å². The first-order valence-electron chi connectivity index (χ1n) is 22.6. The van der Waals surface area contributed by atoms with Crippen LogP contribution in [0.4, 0.5) is 0 Å². The lowest BCUT2D eigenvalue weighted by atomic mass is 9.72. The van der Waals surface area contributed by atoms with E-state index in [0.29, 0.717) is 88.1 Å². The lowest BCUT2D eigenvalue weighted by Crippen LogP contribution is -2.30. The van der Waals surface area contributed by atoms with Gasteiger partial charge in [0, 0.05) is 30.6 Å². The smallest absolute Gasteiger partial charge is 0.159 e. The van der Waals surface area contributed by atoms with Crippen molar-refractivity contribution in [1.82, 2.24) is 0 Å². The number of carbonyl (C=O) groups is 5. The highest BCUT2D eigenvalue weighted by molar-refractivity contribution is 5.97. The molecule has 0 aromatic carbocycles. The summed E-state index contributed by atoms with van der Waals surface area (Å²) in [7, 11) is 0. The maximum atomic E-state index is 11.5. The Hall–Kier alpha value is -2.95. The van der Waals surface area contributed by atoms with Gasteiger partial charge in [0.2, 0.25) is 0 Å². The van der Waals surface area contributed by atoms with E-state index in [9.17, 15) is 24.0 Å². The molecular weight excluding hydrogens is 705 g/mol. The Morgan fingerprint density at radius 1 is 0.509 bits per heavy atom. The van der Waals surface area contributed by atoms with Crippen molar-refractivity contribution >= 4 is 28.9 Å². The quantitative estimate of drug-likeness (QED) is 0.283. The first kappa shape index (κ1) is 52.1. The molecule has 5 nitrogen and oxygen atoms in total. The number of hydrogen-bond donors (Lipinski definition) is 0. The van der Waals surface area contributed by atoms with Crippen LogP contribution in [0.25, 0.3) is 0 Å². The van der Waals surface area contributed by atoms with E-state index in [-0.39, 0.29) is 11.8 Å². The summed E-state index contributed by atoms with van der Waals surface area (Å²) in [6.45, 7) is 38.2. The molecule has 12 unspecified atom stereocenters. The van der Waals surface area contributed by atoms with Crippen molar-refractivity contribution in [2.45, 2.75) is 170 Å². The van der Waals surface area contributed by atoms with Crippen LogP contribution in [0.1, 0.15) is 170 Å². The SMILES string of the molecule is CC1=C(C)C(C)C(C)CC1=O.CC1=CC(=O)C(C)C(C)C1C.CCC1=C(C)C(C)C(C)CC1=O.CCC1C(=O)C=C(C)C(C)C1C.CCC1CC=CC(=O)C1CC. The molecule has 0 radical (unpaired) electrons. The average Bonchev–Trinajstić information content (AvgIpc) is 3.17. The summed E-state index contributed by atoms with van der Waals surface area (Å²) in [5.41, 5.74) is 7.17. The van der Waals surface area contributed by atoms with Gasteiger partial charge in [-0.25, -0.2) is 0 Å². The monoisotopic (exact) mass is 789 g/mol. The summed E-state index contributed by atoms with van der Waals surface area (Å²) in [6.07, 6.45) is 14.0. The molecule has 5 rings (SSSR count). The van der Waals surface area contributed by atoms with Gasteiger partial charge >= 0.3 is 0 Å². The van der Waals surface area contributed by atoms with Crippen molar-refractivity contribution in [3.05, 3.63) is 57.7 Å². The third kappa shape index (κ3) is 14.1. The summed E-state index contributed by atoms with van der Waals surface area (Å²) in [5, 5.41) is 0. The van der Waals surface area contributed by atoms with Gasteiger partial charge in [-0.2, -0.15) is 0 Å². The largest absolute Gasteiger partial charge is 0.295 e. The molecule has 5 aliphatic carbocycles. The molecule has 0 heterocycles. The van der Waals surface area contributed by atoms with Crippen LogP contribution in [0.5, 0.6) is 0 Å². The van der Waals surface area contributed by atoms with Crippen LogP contribution < -0.4 is 0 Å². The maximum Gasteiger partial charge on any atom is 0.159 e. The molecule has 0 spiro atoms. The van der Waals surface area contributed by atoms with Crippen LogP contribution in [0.2, 0.25) is 0 Å². The Morgan fingerprint density at radius 2 is 0.982 bits per heavy atom. The van der Waals surface area contributed by atoms with E-state index in [0.717, 1.165) is 56.1 Å². The zero-order chi connectivity index (χ0) is 44.1. The van der Waals surface area contributed by atoms with E-state index in [4.69, 9.17) is 0 Å². The van der Waals surface area contributed by atoms with Gasteiger partial charge in [-0.05, 0) is 143 Å². The predicted molar refractivity (Wildman–Crippen MR) is 241 cm³/mol. The molecule has 0 N–H and O–H groups in total. The van der Waals surface area contributed by atoms with Crippen molar-refractivity contribution in [3.8, 4) is 0 Å². The number of hydrogen-bond acceptors (Lipinski definition) is 5. The normalized spacial score (nSPS) is 34.0. The van der Waals surface area contributed by atoms with Crippen LogP contribution in [0.3, 0.4) is 0 Å². The minimum absolute atomic E-state index is 0.216. The summed E-state index contributed by atoms with van der Waals surface area (Å²) in [5.74, 6) is 7.52. The van der Waals surface area contributed by atoms with E-state index in [2.05, 4.69) is 104 Å². The molecular formula is C52H84O5. The van der Waals surface area contributed by atoms with Gasteiger partial charge in [0.05, 0.1) is 0 Å². The third-order valence-corrected chi connectivity index (χ3v) is 15.3. The fraction of sp³-hybridized carbons (Fsp3) is 0.712. The highest BCUT2D eigenvalue weighted by Gasteiger charge is 2.32. The Bertz CT molecular complexity index is 1560. The molecule has 0 fully saturated rings. The first-order valence-corrected chi connectivity index (χ1v) is 22.6. The first-order chi connectivity index (χ1) is 26.5. The van der Waals surface area contributed by atoms with Gasteiger partial charge in [-0.3, -0.25) is 24.0 Å². The van der Waals surface area contributed by atoms with E-state index in [1.54, 1.807) is 12.2 Å². The van der Waals surface area contributed by atoms with Gasteiger partial charge < -0.3 is 0 Å². The van der Waals surface area contributed by atoms with Gasteiger partial charge in [-0.15, -0.1) is 0 Å². The van der Waals surface area contributed by atoms with Gasteiger partial charge in [-0.1, -0.05) is 125 Å². The average molecular weight is 789 g/mol. The molecule has 5 heteroatoms. The second kappa shape index (κ2) is 24.2. The fourth-order valence-electron chi connectivity index (χ4n) is 9.12. The highest BCUT2D eigenvalue weighted by atomic mass is 16.1. The number of carbonyl (C=O) groups excluding carboxylic acids is 5. The summed E-state index contributed by atoms with van der Waals surface area (Å²) in [4.78, 5) is 56.9. The lowest BCUT2D eigenvalue weighted by Gasteiger charge is -2.31. The van der Waals surface area contributed by atoms with Crippen molar-refractivity contribution < 1.29 is 24.0 Å². The topological polar surface area (TPSA) is 85.3 Å². The predicted octanol–water partition coefficient (Wildman–Crippen LogP) is 13.3. The summed E-state index contributed by atoms with van der Waals surface area (Å²) < 4.78 is 0. The molecule has 0 saturated carbocycles. The van der Waals surface area contributed by atoms with E-state index >= 15 is 0 Å². The van der Waals surface area contributed by atoms with E-state index < -0.39 is 0 Å². The van der Waals surface area contributed by atoms with Crippen molar-refractivity contribution in [2.24, 2.45) is 71.0 Å². The summed E-state index contributed by atoms with van der Waals surface area (Å²) >= 11 is 0. The van der Waals surface area contributed by atoms with Crippen molar-refractivity contribution in [1.29, 1.82) is 0 Å². The van der Waals surface area contributed by atoms with Gasteiger partial charge in [0.1, 0.15) is 0 Å². The van der Waals surface area contributed by atoms with Crippen LogP contribution in [0.15, 0.2) is 57.7 Å². The molecule has 0 bridgehead atoms. The van der Waals surface area contributed by atoms with E-state index in [1.807, 2.05) is 32.9 Å². The van der Waals surface area contributed by atoms with E-state index in [1.165, 1.54) is 22.3 Å². The van der Waals surface area contributed by atoms with Gasteiger partial charge in [0.25, 0.3) is 0 Å². The molecule has 0 aliphatic heterocycles. The minimum Gasteiger partial charge on any atom is -0.295 e. The van der Waals surface area contributed by atoms with Crippen LogP contribution >= 0.6 is 0 Å². The molecule has 0 aromatic rings. The summed E-state index contributed by atoms with van der Waals surface area (Å²) in [6, 6.07) is 0. The molecule has 57 heavy (non-hydrogen) atoms. The highest BCUT2D eigenvalue weighted by Crippen LogP contribution is 2.36. The number of Topliss-reactive ketones (excluding diaryl/α,β-unsaturated/α-hetero) is 2. The second-order valence-corrected chi connectivity index (χ2v) is 18.5. The number of rotatable bonds is 4. The molecule has 12 atom stereocenters. The van der Waals surface area contributed by atoms with Crippen molar-refractivity contribution in [3.63, 3.8) is 0 Å². The van der Waals surface area contributed by atoms with Crippen LogP contribution in [-0.4, -0.2) is 28.9 Å².